The summed E-state index contributed by atoms with van der Waals surface area (Å²) in [4.78, 5) is 5.45. The molecule has 0 bridgehead atoms. The first-order valence-electron chi connectivity index (χ1n) is 26.0. The monoisotopic (exact) mass is 899 g/mol. The predicted octanol–water partition coefficient (Wildman–Crippen LogP) is 16.3. The first kappa shape index (κ1) is 46.7. The van der Waals surface area contributed by atoms with Crippen molar-refractivity contribution >= 4 is 57.2 Å². The molecular weight excluding hydrogens is 820 g/mol. The zero-order chi connectivity index (χ0) is 49.1. The van der Waals surface area contributed by atoms with Crippen LogP contribution in [0.25, 0.3) is 11.1 Å². The first-order chi connectivity index (χ1) is 31.5. The van der Waals surface area contributed by atoms with Crippen molar-refractivity contribution in [3.05, 3.63) is 148 Å². The third kappa shape index (κ3) is 7.33. The van der Waals surface area contributed by atoms with E-state index in [-0.39, 0.29) is 44.6 Å². The molecule has 6 aromatic rings. The van der Waals surface area contributed by atoms with Gasteiger partial charge in [-0.2, -0.15) is 0 Å². The van der Waals surface area contributed by atoms with Gasteiger partial charge >= 0.3 is 0 Å². The topological polar surface area (TPSA) is 6.48 Å². The van der Waals surface area contributed by atoms with Crippen LogP contribution in [-0.2, 0) is 37.9 Å². The second-order valence-electron chi connectivity index (χ2n) is 27.3. The highest BCUT2D eigenvalue weighted by Gasteiger charge is 2.49. The summed E-state index contributed by atoms with van der Waals surface area (Å²) < 4.78 is 0. The molecule has 0 radical (unpaired) electrons. The second kappa shape index (κ2) is 15.0. The largest absolute Gasteiger partial charge is 0.311 e. The maximum absolute atomic E-state index is 2.73. The minimum Gasteiger partial charge on any atom is -0.311 e. The molecule has 2 nitrogen and oxygen atoms in total. The number of anilines is 6. The average Bonchev–Trinajstić information content (AvgIpc) is 3.25. The Kier molecular flexibility index (Phi) is 10.3. The molecule has 0 atom stereocenters. The smallest absolute Gasteiger partial charge is 0.252 e. The van der Waals surface area contributed by atoms with Crippen LogP contribution in [0.4, 0.5) is 34.1 Å². The third-order valence-electron chi connectivity index (χ3n) is 17.4. The van der Waals surface area contributed by atoms with Gasteiger partial charge < -0.3 is 9.80 Å². The fraction of sp³-hybridized carbons (Fsp3) is 0.446. The van der Waals surface area contributed by atoms with Gasteiger partial charge in [0, 0.05) is 34.0 Å². The molecule has 6 aromatic carbocycles. The van der Waals surface area contributed by atoms with Crippen LogP contribution in [0.15, 0.2) is 103 Å². The third-order valence-corrected chi connectivity index (χ3v) is 17.4. The van der Waals surface area contributed by atoms with Gasteiger partial charge in [0.15, 0.2) is 0 Å². The molecule has 0 saturated carbocycles. The molecule has 0 amide bonds. The zero-order valence-corrected chi connectivity index (χ0v) is 45.1. The van der Waals surface area contributed by atoms with Crippen LogP contribution in [-0.4, -0.2) is 6.71 Å². The van der Waals surface area contributed by atoms with Crippen LogP contribution in [0.5, 0.6) is 0 Å². The van der Waals surface area contributed by atoms with Crippen molar-refractivity contribution < 1.29 is 0 Å². The molecule has 0 saturated heterocycles. The van der Waals surface area contributed by atoms with Crippen LogP contribution >= 0.6 is 0 Å². The highest BCUT2D eigenvalue weighted by atomic mass is 15.2. The van der Waals surface area contributed by atoms with E-state index in [4.69, 9.17) is 0 Å². The van der Waals surface area contributed by atoms with E-state index in [1.165, 1.54) is 132 Å². The molecule has 4 aliphatic rings. The summed E-state index contributed by atoms with van der Waals surface area (Å²) in [5.74, 6) is 0. The van der Waals surface area contributed by atoms with Crippen LogP contribution in [0.1, 0.15) is 188 Å². The summed E-state index contributed by atoms with van der Waals surface area (Å²) in [6.45, 7) is 43.6. The number of benzene rings is 6. The number of fused-ring (bicyclic) bond motifs is 6. The van der Waals surface area contributed by atoms with Gasteiger partial charge in [0.25, 0.3) is 6.71 Å². The Labute approximate surface area is 412 Å². The highest BCUT2D eigenvalue weighted by Crippen LogP contribution is 2.54. The SMILES string of the molecule is Cc1cc(C(C)(C)C)ccc1N1c2cc3c(cc2B2c4cc5c(cc4N(c4ccc(C(C)(C)C)cc4-c4ccccc4)c4cc(C(C)(C)C)cc1c42)C(C)(C)CCC5(C)C)C(C)(C)CCC3(C)C. The van der Waals surface area contributed by atoms with Crippen molar-refractivity contribution in [3.63, 3.8) is 0 Å². The summed E-state index contributed by atoms with van der Waals surface area (Å²) in [6, 6.07) is 41.9. The van der Waals surface area contributed by atoms with E-state index in [2.05, 4.69) is 238 Å². The van der Waals surface area contributed by atoms with Gasteiger partial charge in [-0.05, 0) is 179 Å². The van der Waals surface area contributed by atoms with Gasteiger partial charge in [0.2, 0.25) is 0 Å². The molecule has 10 rings (SSSR count). The molecule has 3 heteroatoms. The number of rotatable bonds is 3. The van der Waals surface area contributed by atoms with E-state index in [1.54, 1.807) is 0 Å². The standard InChI is InChI=1S/C65H79BN2/c1-40-32-42(59(2,3)4)24-26-52(40)67-54-38-48-46(62(11,12)28-30-64(48,15)16)36-50(54)66-51-37-47-49(65(17,18)31-29-63(47,13)14)39-55(51)68(57-35-44(61(8,9)10)34-56(67)58(57)66)53-27-25-43(60(5,6)7)33-45(53)41-22-20-19-21-23-41/h19-27,32-39H,28-31H2,1-18H3. The molecule has 0 aromatic heterocycles. The number of hydrogen-bond acceptors (Lipinski definition) is 2. The minimum absolute atomic E-state index is 0.0148. The molecule has 0 unspecified atom stereocenters. The van der Waals surface area contributed by atoms with E-state index >= 15 is 0 Å². The van der Waals surface area contributed by atoms with Gasteiger partial charge in [-0.3, -0.25) is 0 Å². The summed E-state index contributed by atoms with van der Waals surface area (Å²) in [5.41, 5.74) is 26.1. The Hall–Kier alpha value is -5.02. The van der Waals surface area contributed by atoms with E-state index in [1.807, 2.05) is 0 Å². The Morgan fingerprint density at radius 3 is 1.22 bits per heavy atom. The van der Waals surface area contributed by atoms with E-state index in [0.717, 1.165) is 0 Å². The van der Waals surface area contributed by atoms with Crippen LogP contribution in [0.3, 0.4) is 0 Å². The van der Waals surface area contributed by atoms with E-state index < -0.39 is 0 Å². The molecule has 2 aliphatic carbocycles. The highest BCUT2D eigenvalue weighted by molar-refractivity contribution is 7.00. The number of nitrogens with zero attached hydrogens (tertiary/aromatic N) is 2. The lowest BCUT2D eigenvalue weighted by molar-refractivity contribution is 0.332. The Morgan fingerprint density at radius 2 is 0.794 bits per heavy atom. The lowest BCUT2D eigenvalue weighted by Crippen LogP contribution is -2.62. The van der Waals surface area contributed by atoms with Crippen molar-refractivity contribution in [1.29, 1.82) is 0 Å². The summed E-state index contributed by atoms with van der Waals surface area (Å²) in [6.07, 6.45) is 4.70. The lowest BCUT2D eigenvalue weighted by atomic mass is 9.32. The van der Waals surface area contributed by atoms with Crippen LogP contribution in [0, 0.1) is 6.92 Å². The fourth-order valence-electron chi connectivity index (χ4n) is 12.5. The van der Waals surface area contributed by atoms with Crippen molar-refractivity contribution in [2.75, 3.05) is 9.80 Å². The Balaban J connectivity index is 1.40. The molecular formula is C65H79BN2. The van der Waals surface area contributed by atoms with Crippen molar-refractivity contribution in [1.82, 2.24) is 0 Å². The Bertz CT molecular complexity index is 3030. The molecule has 0 fully saturated rings. The lowest BCUT2D eigenvalue weighted by Gasteiger charge is -2.49. The number of aryl methyl sites for hydroxylation is 1. The molecule has 68 heavy (non-hydrogen) atoms. The number of hydrogen-bond donors (Lipinski definition) is 0. The van der Waals surface area contributed by atoms with Crippen LogP contribution in [0.2, 0.25) is 0 Å². The second-order valence-corrected chi connectivity index (χ2v) is 27.3. The quantitative estimate of drug-likeness (QED) is 0.163. The van der Waals surface area contributed by atoms with Crippen LogP contribution < -0.4 is 26.2 Å². The van der Waals surface area contributed by atoms with Crippen molar-refractivity contribution in [2.45, 2.75) is 188 Å². The average molecular weight is 899 g/mol. The van der Waals surface area contributed by atoms with Gasteiger partial charge in [-0.1, -0.05) is 178 Å². The first-order valence-corrected chi connectivity index (χ1v) is 26.0. The predicted molar refractivity (Wildman–Crippen MR) is 297 cm³/mol. The maximum Gasteiger partial charge on any atom is 0.252 e. The summed E-state index contributed by atoms with van der Waals surface area (Å²) in [5, 5.41) is 0. The fourth-order valence-corrected chi connectivity index (χ4v) is 12.5. The zero-order valence-electron chi connectivity index (χ0n) is 45.1. The summed E-state index contributed by atoms with van der Waals surface area (Å²) in [7, 11) is 0. The molecule has 352 valence electrons. The van der Waals surface area contributed by atoms with Gasteiger partial charge in [0.1, 0.15) is 0 Å². The van der Waals surface area contributed by atoms with Crippen molar-refractivity contribution in [2.24, 2.45) is 0 Å². The van der Waals surface area contributed by atoms with Gasteiger partial charge in [-0.15, -0.1) is 0 Å². The van der Waals surface area contributed by atoms with Gasteiger partial charge in [0.05, 0.1) is 5.69 Å². The van der Waals surface area contributed by atoms with Crippen molar-refractivity contribution in [3.8, 4) is 11.1 Å². The normalized spacial score (nSPS) is 18.6. The minimum atomic E-state index is -0.119. The molecule has 2 heterocycles. The maximum atomic E-state index is 2.73. The Morgan fingerprint density at radius 1 is 0.397 bits per heavy atom. The summed E-state index contributed by atoms with van der Waals surface area (Å²) >= 11 is 0. The van der Waals surface area contributed by atoms with Gasteiger partial charge in [-0.25, -0.2) is 0 Å². The van der Waals surface area contributed by atoms with E-state index in [9.17, 15) is 0 Å². The molecule has 0 N–H and O–H groups in total. The van der Waals surface area contributed by atoms with E-state index in [0.29, 0.717) is 0 Å². The molecule has 2 aliphatic heterocycles. The molecule has 0 spiro atoms.